The summed E-state index contributed by atoms with van der Waals surface area (Å²) in [5.74, 6) is 0. The van der Waals surface area contributed by atoms with Crippen molar-refractivity contribution in [3.63, 3.8) is 0 Å². The summed E-state index contributed by atoms with van der Waals surface area (Å²) in [5.41, 5.74) is 2.67. The van der Waals surface area contributed by atoms with Crippen molar-refractivity contribution in [2.24, 2.45) is 0 Å². The zero-order chi connectivity index (χ0) is 12.3. The smallest absolute Gasteiger partial charge is 0.101 e. The SMILES string of the molecule is Cc1ccsc1CNc1cc(Cl)ccc1C#N. The number of thiophene rings is 1. The van der Waals surface area contributed by atoms with Gasteiger partial charge in [0.05, 0.1) is 11.3 Å². The van der Waals surface area contributed by atoms with E-state index in [1.165, 1.54) is 10.4 Å². The van der Waals surface area contributed by atoms with Gasteiger partial charge in [-0.25, -0.2) is 0 Å². The highest BCUT2D eigenvalue weighted by Gasteiger charge is 2.04. The lowest BCUT2D eigenvalue weighted by molar-refractivity contribution is 1.16. The minimum Gasteiger partial charge on any atom is -0.379 e. The zero-order valence-electron chi connectivity index (χ0n) is 9.33. The Kier molecular flexibility index (Phi) is 3.68. The molecule has 1 aromatic carbocycles. The molecule has 0 fully saturated rings. The average Bonchev–Trinajstić information content (AvgIpc) is 2.72. The monoisotopic (exact) mass is 262 g/mol. The number of benzene rings is 1. The Morgan fingerprint density at radius 1 is 1.41 bits per heavy atom. The molecule has 2 aromatic rings. The van der Waals surface area contributed by atoms with Gasteiger partial charge >= 0.3 is 0 Å². The predicted molar refractivity (Wildman–Crippen MR) is 72.5 cm³/mol. The lowest BCUT2D eigenvalue weighted by atomic mass is 10.2. The topological polar surface area (TPSA) is 35.8 Å². The molecule has 0 bridgehead atoms. The molecular weight excluding hydrogens is 252 g/mol. The Morgan fingerprint density at radius 3 is 2.88 bits per heavy atom. The van der Waals surface area contributed by atoms with Gasteiger partial charge in [0.15, 0.2) is 0 Å². The molecule has 0 spiro atoms. The Labute approximate surface area is 109 Å². The fourth-order valence-corrected chi connectivity index (χ4v) is 2.54. The summed E-state index contributed by atoms with van der Waals surface area (Å²) >= 11 is 7.63. The van der Waals surface area contributed by atoms with E-state index in [1.807, 2.05) is 0 Å². The lowest BCUT2D eigenvalue weighted by Crippen LogP contribution is -2.00. The van der Waals surface area contributed by atoms with E-state index in [0.717, 1.165) is 12.2 Å². The molecule has 2 rings (SSSR count). The Hall–Kier alpha value is -1.50. The molecule has 0 amide bonds. The zero-order valence-corrected chi connectivity index (χ0v) is 10.9. The first-order valence-corrected chi connectivity index (χ1v) is 6.43. The second kappa shape index (κ2) is 5.22. The van der Waals surface area contributed by atoms with Crippen molar-refractivity contribution in [1.82, 2.24) is 0 Å². The van der Waals surface area contributed by atoms with Crippen LogP contribution < -0.4 is 5.32 Å². The molecule has 1 aromatic heterocycles. The first kappa shape index (κ1) is 12.0. The van der Waals surface area contributed by atoms with Crippen LogP contribution in [-0.2, 0) is 6.54 Å². The number of rotatable bonds is 3. The summed E-state index contributed by atoms with van der Waals surface area (Å²) in [7, 11) is 0. The van der Waals surface area contributed by atoms with Crippen LogP contribution >= 0.6 is 22.9 Å². The van der Waals surface area contributed by atoms with Gasteiger partial charge in [0.2, 0.25) is 0 Å². The van der Waals surface area contributed by atoms with E-state index in [-0.39, 0.29) is 0 Å². The summed E-state index contributed by atoms with van der Waals surface area (Å²) < 4.78 is 0. The number of nitriles is 1. The van der Waals surface area contributed by atoms with E-state index in [4.69, 9.17) is 16.9 Å². The van der Waals surface area contributed by atoms with Crippen LogP contribution in [0.2, 0.25) is 5.02 Å². The van der Waals surface area contributed by atoms with Crippen molar-refractivity contribution in [3.05, 3.63) is 50.7 Å². The first-order chi connectivity index (χ1) is 8.20. The molecule has 0 saturated carbocycles. The third-order valence-corrected chi connectivity index (χ3v) is 3.77. The number of anilines is 1. The van der Waals surface area contributed by atoms with Crippen molar-refractivity contribution in [3.8, 4) is 6.07 Å². The van der Waals surface area contributed by atoms with E-state index in [2.05, 4.69) is 29.8 Å². The van der Waals surface area contributed by atoms with E-state index < -0.39 is 0 Å². The standard InChI is InChI=1S/C13H11ClN2S/c1-9-4-5-17-13(9)8-16-12-6-11(14)3-2-10(12)7-15/h2-6,16H,8H2,1H3. The second-order valence-corrected chi connectivity index (χ2v) is 5.12. The molecule has 1 heterocycles. The molecule has 0 radical (unpaired) electrons. The van der Waals surface area contributed by atoms with Gasteiger partial charge in [-0.2, -0.15) is 5.26 Å². The molecule has 2 nitrogen and oxygen atoms in total. The average molecular weight is 263 g/mol. The minimum absolute atomic E-state index is 0.614. The summed E-state index contributed by atoms with van der Waals surface area (Å²) in [5, 5.41) is 14.9. The fourth-order valence-electron chi connectivity index (χ4n) is 1.52. The molecule has 86 valence electrons. The highest BCUT2D eigenvalue weighted by Crippen LogP contribution is 2.23. The Balaban J connectivity index is 2.17. The number of hydrogen-bond acceptors (Lipinski definition) is 3. The van der Waals surface area contributed by atoms with E-state index in [1.54, 1.807) is 29.5 Å². The summed E-state index contributed by atoms with van der Waals surface area (Å²) in [6.45, 7) is 2.80. The molecular formula is C13H11ClN2S. The molecule has 0 saturated heterocycles. The number of hydrogen-bond donors (Lipinski definition) is 1. The molecule has 17 heavy (non-hydrogen) atoms. The van der Waals surface area contributed by atoms with Gasteiger partial charge in [-0.1, -0.05) is 11.6 Å². The van der Waals surface area contributed by atoms with Gasteiger partial charge in [-0.3, -0.25) is 0 Å². The number of aryl methyl sites for hydroxylation is 1. The van der Waals surface area contributed by atoms with Crippen LogP contribution in [0.3, 0.4) is 0 Å². The molecule has 0 unspecified atom stereocenters. The highest BCUT2D eigenvalue weighted by molar-refractivity contribution is 7.10. The van der Waals surface area contributed by atoms with Crippen molar-refractivity contribution in [1.29, 1.82) is 5.26 Å². The summed E-state index contributed by atoms with van der Waals surface area (Å²) in [6, 6.07) is 9.47. The van der Waals surface area contributed by atoms with Gasteiger partial charge in [-0.05, 0) is 42.1 Å². The number of halogens is 1. The van der Waals surface area contributed by atoms with Crippen molar-refractivity contribution in [2.45, 2.75) is 13.5 Å². The maximum atomic E-state index is 8.99. The van der Waals surface area contributed by atoms with Crippen molar-refractivity contribution >= 4 is 28.6 Å². The largest absolute Gasteiger partial charge is 0.379 e. The number of nitrogens with zero attached hydrogens (tertiary/aromatic N) is 1. The van der Waals surface area contributed by atoms with E-state index in [0.29, 0.717) is 10.6 Å². The molecule has 4 heteroatoms. The van der Waals surface area contributed by atoms with Crippen LogP contribution in [0.15, 0.2) is 29.6 Å². The first-order valence-electron chi connectivity index (χ1n) is 5.17. The quantitative estimate of drug-likeness (QED) is 0.900. The maximum absolute atomic E-state index is 8.99. The van der Waals surface area contributed by atoms with Crippen molar-refractivity contribution in [2.75, 3.05) is 5.32 Å². The molecule has 1 N–H and O–H groups in total. The third kappa shape index (κ3) is 2.79. The Bertz CT molecular complexity index is 569. The lowest BCUT2D eigenvalue weighted by Gasteiger charge is -2.08. The second-order valence-electron chi connectivity index (χ2n) is 3.68. The van der Waals surface area contributed by atoms with Crippen LogP contribution in [0.5, 0.6) is 0 Å². The summed E-state index contributed by atoms with van der Waals surface area (Å²) in [6.07, 6.45) is 0. The third-order valence-electron chi connectivity index (χ3n) is 2.51. The van der Waals surface area contributed by atoms with Crippen LogP contribution in [0.1, 0.15) is 16.0 Å². The van der Waals surface area contributed by atoms with Crippen LogP contribution in [0.25, 0.3) is 0 Å². The van der Waals surface area contributed by atoms with Crippen LogP contribution in [0.4, 0.5) is 5.69 Å². The van der Waals surface area contributed by atoms with Gasteiger partial charge < -0.3 is 5.32 Å². The van der Waals surface area contributed by atoms with Crippen LogP contribution in [0, 0.1) is 18.3 Å². The van der Waals surface area contributed by atoms with Crippen LogP contribution in [-0.4, -0.2) is 0 Å². The number of nitrogens with one attached hydrogen (secondary N) is 1. The van der Waals surface area contributed by atoms with Gasteiger partial charge in [0.25, 0.3) is 0 Å². The molecule has 0 atom stereocenters. The van der Waals surface area contributed by atoms with Crippen molar-refractivity contribution < 1.29 is 0 Å². The normalized spacial score (nSPS) is 9.94. The predicted octanol–water partition coefficient (Wildman–Crippen LogP) is 4.19. The van der Waals surface area contributed by atoms with Gasteiger partial charge in [0.1, 0.15) is 6.07 Å². The Morgan fingerprint density at radius 2 is 2.24 bits per heavy atom. The minimum atomic E-state index is 0.614. The molecule has 0 aliphatic heterocycles. The molecule has 0 aliphatic carbocycles. The van der Waals surface area contributed by atoms with Gasteiger partial charge in [-0.15, -0.1) is 11.3 Å². The van der Waals surface area contributed by atoms with E-state index in [9.17, 15) is 0 Å². The van der Waals surface area contributed by atoms with E-state index >= 15 is 0 Å². The maximum Gasteiger partial charge on any atom is 0.101 e. The molecule has 0 aliphatic rings. The summed E-state index contributed by atoms with van der Waals surface area (Å²) in [4.78, 5) is 1.27. The fraction of sp³-hybridized carbons (Fsp3) is 0.154. The van der Waals surface area contributed by atoms with Gasteiger partial charge in [0, 0.05) is 16.4 Å². The highest BCUT2D eigenvalue weighted by atomic mass is 35.5.